The lowest BCUT2D eigenvalue weighted by atomic mass is 10.0. The number of nitrogens with zero attached hydrogens (tertiary/aromatic N) is 4. The summed E-state index contributed by atoms with van der Waals surface area (Å²) in [5, 5.41) is 22.0. The number of aliphatic imine (C=N–C) groups is 3. The molecule has 0 saturated carbocycles. The number of aliphatic hydroxyl groups excluding tert-OH is 2. The highest BCUT2D eigenvalue weighted by Gasteiger charge is 2.55. The summed E-state index contributed by atoms with van der Waals surface area (Å²) in [4.78, 5) is 40.4. The van der Waals surface area contributed by atoms with Crippen LogP contribution in [0.4, 0.5) is 4.79 Å². The summed E-state index contributed by atoms with van der Waals surface area (Å²) in [5.74, 6) is -0.599. The van der Waals surface area contributed by atoms with Gasteiger partial charge >= 0.3 is 12.1 Å². The van der Waals surface area contributed by atoms with Crippen LogP contribution >= 0.6 is 0 Å². The lowest BCUT2D eigenvalue weighted by Gasteiger charge is -2.35. The van der Waals surface area contributed by atoms with Crippen molar-refractivity contribution in [2.45, 2.75) is 83.3 Å². The first-order chi connectivity index (χ1) is 14.8. The summed E-state index contributed by atoms with van der Waals surface area (Å²) < 4.78 is 16.6. The van der Waals surface area contributed by atoms with Crippen LogP contribution in [0.1, 0.15) is 48.0 Å². The number of hydrogen-bond acceptors (Lipinski definition) is 11. The third-order valence-corrected chi connectivity index (χ3v) is 4.75. The first-order valence-corrected chi connectivity index (χ1v) is 10.4. The van der Waals surface area contributed by atoms with E-state index < -0.39 is 47.4 Å². The van der Waals surface area contributed by atoms with Gasteiger partial charge in [-0.05, 0) is 41.5 Å². The largest absolute Gasteiger partial charge is 0.456 e. The van der Waals surface area contributed by atoms with Gasteiger partial charge in [-0.25, -0.2) is 19.6 Å². The number of rotatable bonds is 4. The van der Waals surface area contributed by atoms with Crippen molar-refractivity contribution in [3.8, 4) is 0 Å². The van der Waals surface area contributed by atoms with Crippen molar-refractivity contribution in [3.63, 3.8) is 0 Å². The molecule has 1 amide bonds. The fourth-order valence-electron chi connectivity index (χ4n) is 3.46. The number of alkyl carbamates (subject to hydrolysis) is 1. The topological polar surface area (TPSA) is 155 Å². The fourth-order valence-corrected chi connectivity index (χ4v) is 3.46. The highest BCUT2D eigenvalue weighted by molar-refractivity contribution is 6.51. The molecule has 12 heteroatoms. The molecule has 1 fully saturated rings. The van der Waals surface area contributed by atoms with E-state index in [1.807, 2.05) is 0 Å². The predicted molar refractivity (Wildman–Crippen MR) is 114 cm³/mol. The van der Waals surface area contributed by atoms with Gasteiger partial charge in [0.25, 0.3) is 5.66 Å². The molecular formula is C20H31N5O7. The van der Waals surface area contributed by atoms with Gasteiger partial charge in [-0.2, -0.15) is 0 Å². The lowest BCUT2D eigenvalue weighted by Crippen LogP contribution is -2.64. The van der Waals surface area contributed by atoms with Gasteiger partial charge < -0.3 is 29.3 Å². The van der Waals surface area contributed by atoms with Gasteiger partial charge in [0.15, 0.2) is 5.84 Å². The van der Waals surface area contributed by atoms with Crippen molar-refractivity contribution in [2.24, 2.45) is 15.0 Å². The molecule has 3 N–H and O–H groups in total. The minimum absolute atomic E-state index is 0.0492. The van der Waals surface area contributed by atoms with Crippen molar-refractivity contribution in [3.05, 3.63) is 0 Å². The molecule has 178 valence electrons. The van der Waals surface area contributed by atoms with Crippen molar-refractivity contribution >= 4 is 29.9 Å². The van der Waals surface area contributed by atoms with Crippen LogP contribution in [0.15, 0.2) is 15.0 Å². The minimum atomic E-state index is -2.00. The van der Waals surface area contributed by atoms with E-state index in [1.54, 1.807) is 46.4 Å². The fraction of sp³-hybridized carbons (Fsp3) is 0.750. The van der Waals surface area contributed by atoms with Gasteiger partial charge in [-0.1, -0.05) is 0 Å². The quantitative estimate of drug-likeness (QED) is 0.509. The Balaban J connectivity index is 1.92. The molecule has 3 aliphatic heterocycles. The molecule has 1 unspecified atom stereocenters. The highest BCUT2D eigenvalue weighted by atomic mass is 16.6. The van der Waals surface area contributed by atoms with E-state index in [1.165, 1.54) is 0 Å². The molecule has 0 spiro atoms. The SMILES string of the molecule is CC(C)(C)OC(=O)NC1(C(=O)OC(C)(C)C)N=CN=C2C1=NCN2[C@H]1C[C@H](O)[C@@H](CO)O1. The molecule has 12 nitrogen and oxygen atoms in total. The van der Waals surface area contributed by atoms with Gasteiger partial charge in [-0.15, -0.1) is 0 Å². The maximum absolute atomic E-state index is 13.3. The third kappa shape index (κ3) is 4.92. The molecule has 0 bridgehead atoms. The van der Waals surface area contributed by atoms with E-state index in [2.05, 4.69) is 20.3 Å². The molecule has 0 aliphatic carbocycles. The van der Waals surface area contributed by atoms with Crippen molar-refractivity contribution in [1.29, 1.82) is 0 Å². The maximum Gasteiger partial charge on any atom is 0.410 e. The van der Waals surface area contributed by atoms with Crippen LogP contribution in [0.3, 0.4) is 0 Å². The zero-order valence-electron chi connectivity index (χ0n) is 19.2. The van der Waals surface area contributed by atoms with E-state index in [9.17, 15) is 19.8 Å². The Morgan fingerprint density at radius 1 is 1.25 bits per heavy atom. The Bertz CT molecular complexity index is 857. The number of ether oxygens (including phenoxy) is 3. The van der Waals surface area contributed by atoms with Crippen LogP contribution in [0, 0.1) is 0 Å². The predicted octanol–water partition coefficient (Wildman–Crippen LogP) is 0.172. The molecule has 4 atom stereocenters. The first kappa shape index (κ1) is 24.1. The normalized spacial score (nSPS) is 29.9. The zero-order chi connectivity index (χ0) is 23.9. The molecule has 0 aromatic rings. The van der Waals surface area contributed by atoms with Gasteiger partial charge in [0, 0.05) is 6.42 Å². The number of nitrogens with one attached hydrogen (secondary N) is 1. The Morgan fingerprint density at radius 2 is 1.91 bits per heavy atom. The van der Waals surface area contributed by atoms with Gasteiger partial charge in [-0.3, -0.25) is 10.3 Å². The monoisotopic (exact) mass is 453 g/mol. The number of amidine groups is 1. The van der Waals surface area contributed by atoms with E-state index >= 15 is 0 Å². The average molecular weight is 453 g/mol. The standard InChI is InChI=1S/C20H31N5O7/c1-18(2,3)31-16(28)20(24-17(29)32-19(4,5)6)14-15(21-9-23-20)25(10-22-14)13-7-11(27)12(8-26)30-13/h9,11-13,26-27H,7-8,10H2,1-6H3,(H,24,29)/t11-,12+,13+,20?/m0/s1. The van der Waals surface area contributed by atoms with Crippen molar-refractivity contribution < 1.29 is 34.0 Å². The summed E-state index contributed by atoms with van der Waals surface area (Å²) in [6, 6.07) is 0. The molecule has 3 aliphatic rings. The van der Waals surface area contributed by atoms with Crippen molar-refractivity contribution in [2.75, 3.05) is 13.3 Å². The second-order valence-electron chi connectivity index (χ2n) is 9.77. The zero-order valence-corrected chi connectivity index (χ0v) is 19.2. The summed E-state index contributed by atoms with van der Waals surface area (Å²) in [6.45, 7) is 9.87. The Labute approximate surface area is 186 Å². The Kier molecular flexibility index (Phi) is 6.33. The lowest BCUT2D eigenvalue weighted by molar-refractivity contribution is -0.159. The van der Waals surface area contributed by atoms with E-state index in [0.29, 0.717) is 0 Å². The van der Waals surface area contributed by atoms with Gasteiger partial charge in [0.2, 0.25) is 0 Å². The molecule has 0 aromatic heterocycles. The van der Waals surface area contributed by atoms with E-state index in [0.717, 1.165) is 6.34 Å². The van der Waals surface area contributed by atoms with Crippen LogP contribution in [0.2, 0.25) is 0 Å². The van der Waals surface area contributed by atoms with E-state index in [-0.39, 0.29) is 31.2 Å². The number of carbonyl (C=O) groups excluding carboxylic acids is 2. The number of aliphatic hydroxyl groups is 2. The molecule has 3 heterocycles. The summed E-state index contributed by atoms with van der Waals surface area (Å²) >= 11 is 0. The smallest absolute Gasteiger partial charge is 0.410 e. The number of hydrogen-bond donors (Lipinski definition) is 3. The Hall–Kier alpha value is -2.57. The minimum Gasteiger partial charge on any atom is -0.456 e. The second-order valence-corrected chi connectivity index (χ2v) is 9.77. The Morgan fingerprint density at radius 3 is 2.47 bits per heavy atom. The van der Waals surface area contributed by atoms with Crippen LogP contribution in [-0.2, 0) is 19.0 Å². The summed E-state index contributed by atoms with van der Waals surface area (Å²) in [6.07, 6.45) is -1.76. The van der Waals surface area contributed by atoms with Crippen LogP contribution in [-0.4, -0.2) is 93.6 Å². The maximum atomic E-state index is 13.3. The molecule has 1 saturated heterocycles. The summed E-state index contributed by atoms with van der Waals surface area (Å²) in [7, 11) is 0. The molecule has 0 aromatic carbocycles. The number of carbonyl (C=O) groups is 2. The highest BCUT2D eigenvalue weighted by Crippen LogP contribution is 2.30. The van der Waals surface area contributed by atoms with Crippen LogP contribution < -0.4 is 5.32 Å². The second kappa shape index (κ2) is 8.41. The third-order valence-electron chi connectivity index (χ3n) is 4.75. The van der Waals surface area contributed by atoms with Crippen molar-refractivity contribution in [1.82, 2.24) is 10.2 Å². The number of fused-ring (bicyclic) bond motifs is 1. The molecule has 0 radical (unpaired) electrons. The molecule has 32 heavy (non-hydrogen) atoms. The van der Waals surface area contributed by atoms with E-state index in [4.69, 9.17) is 14.2 Å². The average Bonchev–Trinajstić information content (AvgIpc) is 3.22. The molecule has 3 rings (SSSR count). The number of esters is 1. The van der Waals surface area contributed by atoms with Crippen LogP contribution in [0.5, 0.6) is 0 Å². The van der Waals surface area contributed by atoms with Gasteiger partial charge in [0.05, 0.1) is 12.7 Å². The summed E-state index contributed by atoms with van der Waals surface area (Å²) in [5.41, 5.74) is -3.61. The van der Waals surface area contributed by atoms with Crippen LogP contribution in [0.25, 0.3) is 0 Å². The van der Waals surface area contributed by atoms with Gasteiger partial charge in [0.1, 0.15) is 42.3 Å². The number of amides is 1. The molecular weight excluding hydrogens is 422 g/mol. The first-order valence-electron chi connectivity index (χ1n) is 10.4.